The average Bonchev–Trinajstić information content (AvgIpc) is 3.66. The molecule has 14 heteroatoms. The summed E-state index contributed by atoms with van der Waals surface area (Å²) in [6.45, 7) is 0. The van der Waals surface area contributed by atoms with E-state index in [9.17, 15) is 29.8 Å². The van der Waals surface area contributed by atoms with Crippen molar-refractivity contribution in [3.05, 3.63) is 104 Å². The molecule has 4 rings (SSSR count). The first-order valence-electron chi connectivity index (χ1n) is 9.92. The molecule has 4 aromatic rings. The zero-order valence-corrected chi connectivity index (χ0v) is 17.9. The summed E-state index contributed by atoms with van der Waals surface area (Å²) in [6, 6.07) is 10.8. The number of amides is 2. The fourth-order valence-electron chi connectivity index (χ4n) is 2.93. The first-order valence-corrected chi connectivity index (χ1v) is 9.92. The highest BCUT2D eigenvalue weighted by Crippen LogP contribution is 2.24. The molecule has 0 spiro atoms. The fourth-order valence-corrected chi connectivity index (χ4v) is 2.93. The number of furan rings is 4. The summed E-state index contributed by atoms with van der Waals surface area (Å²) in [5, 5.41) is 21.7. The molecule has 0 saturated carbocycles. The predicted octanol–water partition coefficient (Wildman–Crippen LogP) is 3.80. The van der Waals surface area contributed by atoms with Crippen LogP contribution >= 0.6 is 0 Å². The number of hydrogen-bond donors (Lipinski definition) is 2. The lowest BCUT2D eigenvalue weighted by atomic mass is 10.1. The molecular formula is C22H14N4O10. The third kappa shape index (κ3) is 5.28. The van der Waals surface area contributed by atoms with Crippen molar-refractivity contribution < 1.29 is 37.1 Å². The van der Waals surface area contributed by atoms with Crippen molar-refractivity contribution in [2.24, 2.45) is 0 Å². The van der Waals surface area contributed by atoms with Crippen LogP contribution < -0.4 is 10.9 Å². The molecule has 182 valence electrons. The van der Waals surface area contributed by atoms with E-state index in [0.717, 1.165) is 12.1 Å². The fraction of sp³-hybridized carbons (Fsp3) is 0. The Balaban J connectivity index is 1.56. The van der Waals surface area contributed by atoms with E-state index in [1.54, 1.807) is 0 Å². The summed E-state index contributed by atoms with van der Waals surface area (Å²) >= 11 is 0. The van der Waals surface area contributed by atoms with Crippen LogP contribution in [0.25, 0.3) is 23.3 Å². The van der Waals surface area contributed by atoms with E-state index in [2.05, 4.69) is 10.9 Å². The molecule has 14 nitrogen and oxygen atoms in total. The van der Waals surface area contributed by atoms with Gasteiger partial charge in [-0.2, -0.15) is 0 Å². The number of rotatable bonds is 8. The predicted molar refractivity (Wildman–Crippen MR) is 120 cm³/mol. The second-order valence-corrected chi connectivity index (χ2v) is 6.85. The topological polar surface area (TPSA) is 197 Å². The minimum atomic E-state index is -0.843. The third-order valence-corrected chi connectivity index (χ3v) is 4.51. The smallest absolute Gasteiger partial charge is 0.433 e. The number of hydrazine groups is 1. The monoisotopic (exact) mass is 494 g/mol. The Hall–Kier alpha value is -5.66. The summed E-state index contributed by atoms with van der Waals surface area (Å²) in [6.07, 6.45) is 5.00. The van der Waals surface area contributed by atoms with Crippen LogP contribution in [0.4, 0.5) is 11.8 Å². The van der Waals surface area contributed by atoms with Crippen molar-refractivity contribution in [2.75, 3.05) is 0 Å². The van der Waals surface area contributed by atoms with Gasteiger partial charge in [0.2, 0.25) is 0 Å². The van der Waals surface area contributed by atoms with Crippen LogP contribution in [0.1, 0.15) is 23.0 Å². The highest BCUT2D eigenvalue weighted by Gasteiger charge is 2.21. The molecule has 36 heavy (non-hydrogen) atoms. The lowest BCUT2D eigenvalue weighted by Gasteiger charge is -2.10. The maximum atomic E-state index is 12.9. The van der Waals surface area contributed by atoms with Gasteiger partial charge >= 0.3 is 11.8 Å². The molecular weight excluding hydrogens is 480 g/mol. The highest BCUT2D eigenvalue weighted by molar-refractivity contribution is 6.26. The summed E-state index contributed by atoms with van der Waals surface area (Å²) in [7, 11) is 0. The molecule has 0 bridgehead atoms. The van der Waals surface area contributed by atoms with Gasteiger partial charge in [-0.25, -0.2) is 0 Å². The Labute approximate surface area is 199 Å². The highest BCUT2D eigenvalue weighted by atomic mass is 16.7. The van der Waals surface area contributed by atoms with Crippen molar-refractivity contribution in [3.63, 3.8) is 0 Å². The third-order valence-electron chi connectivity index (χ3n) is 4.51. The maximum Gasteiger partial charge on any atom is 0.433 e. The minimum absolute atomic E-state index is 0.00911. The van der Waals surface area contributed by atoms with Gasteiger partial charge in [0.25, 0.3) is 11.8 Å². The number of nitrogens with one attached hydrogen (secondary N) is 2. The van der Waals surface area contributed by atoms with Crippen LogP contribution in [0.2, 0.25) is 0 Å². The van der Waals surface area contributed by atoms with Gasteiger partial charge in [0.15, 0.2) is 0 Å². The van der Waals surface area contributed by atoms with Gasteiger partial charge in [0.05, 0.1) is 35.8 Å². The quantitative estimate of drug-likeness (QED) is 0.206. The van der Waals surface area contributed by atoms with Gasteiger partial charge in [-0.3, -0.25) is 40.7 Å². The van der Waals surface area contributed by atoms with E-state index in [0.29, 0.717) is 0 Å². The normalized spacial score (nSPS) is 11.8. The first-order chi connectivity index (χ1) is 17.3. The molecule has 0 aliphatic carbocycles. The molecule has 0 radical (unpaired) electrons. The van der Waals surface area contributed by atoms with Crippen molar-refractivity contribution >= 4 is 46.9 Å². The van der Waals surface area contributed by atoms with E-state index in [-0.39, 0.29) is 34.2 Å². The molecule has 0 saturated heterocycles. The van der Waals surface area contributed by atoms with E-state index >= 15 is 0 Å². The molecule has 0 fully saturated rings. The molecule has 0 aliphatic rings. The summed E-state index contributed by atoms with van der Waals surface area (Å²) in [4.78, 5) is 46.0. The molecule has 0 aliphatic heterocycles. The Morgan fingerprint density at radius 1 is 0.694 bits per heavy atom. The molecule has 4 heterocycles. The molecule has 2 N–H and O–H groups in total. The van der Waals surface area contributed by atoms with E-state index < -0.39 is 33.4 Å². The van der Waals surface area contributed by atoms with Gasteiger partial charge in [-0.15, -0.1) is 0 Å². The number of carbonyl (C=O) groups excluding carboxylic acids is 2. The standard InChI is InChI=1S/C22H14N4O10/c27-21(15(17-3-1-9-33-17)11-13-5-7-19(35-13)25(29)30)23-24-22(28)16(18-4-2-10-34-18)12-14-6-8-20(36-14)26(31)32/h1-12H,(H,23,27)(H,24,28)/b15-11+,16-12+. The molecule has 0 atom stereocenters. The maximum absolute atomic E-state index is 12.9. The van der Waals surface area contributed by atoms with Gasteiger partial charge in [0, 0.05) is 0 Å². The average molecular weight is 494 g/mol. The van der Waals surface area contributed by atoms with Gasteiger partial charge in [-0.05, 0) is 48.6 Å². The number of carbonyl (C=O) groups is 2. The number of nitrogens with zero attached hydrogens (tertiary/aromatic N) is 2. The largest absolute Gasteiger partial charge is 0.464 e. The van der Waals surface area contributed by atoms with Crippen LogP contribution in [-0.4, -0.2) is 21.7 Å². The van der Waals surface area contributed by atoms with Crippen LogP contribution in [0.3, 0.4) is 0 Å². The van der Waals surface area contributed by atoms with Crippen molar-refractivity contribution in [1.82, 2.24) is 10.9 Å². The zero-order chi connectivity index (χ0) is 25.7. The zero-order valence-electron chi connectivity index (χ0n) is 17.9. The summed E-state index contributed by atoms with van der Waals surface area (Å²) in [5.41, 5.74) is 4.19. The lowest BCUT2D eigenvalue weighted by Crippen LogP contribution is -2.42. The number of hydrogen-bond acceptors (Lipinski definition) is 10. The van der Waals surface area contributed by atoms with Gasteiger partial charge < -0.3 is 17.7 Å². The molecule has 0 aromatic carbocycles. The van der Waals surface area contributed by atoms with Crippen LogP contribution in [0.15, 0.2) is 78.7 Å². The lowest BCUT2D eigenvalue weighted by molar-refractivity contribution is -0.402. The molecule has 2 amide bonds. The second-order valence-electron chi connectivity index (χ2n) is 6.85. The Kier molecular flexibility index (Phi) is 6.58. The SMILES string of the molecule is O=C(NNC(=O)/C(=C/c1ccc([N+](=O)[O-])o1)c1ccco1)/C(=C/c1ccc([N+](=O)[O-])o1)c1ccco1. The van der Waals surface area contributed by atoms with Crippen molar-refractivity contribution in [3.8, 4) is 0 Å². The Bertz CT molecular complexity index is 1360. The van der Waals surface area contributed by atoms with E-state index in [1.807, 2.05) is 0 Å². The van der Waals surface area contributed by atoms with E-state index in [4.69, 9.17) is 17.7 Å². The molecule has 4 aromatic heterocycles. The summed E-state index contributed by atoms with van der Waals surface area (Å²) in [5.74, 6) is -2.58. The summed E-state index contributed by atoms with van der Waals surface area (Å²) < 4.78 is 20.6. The number of nitro groups is 2. The van der Waals surface area contributed by atoms with Gasteiger partial charge in [-0.1, -0.05) is 0 Å². The second kappa shape index (κ2) is 10.1. The Morgan fingerprint density at radius 3 is 1.42 bits per heavy atom. The van der Waals surface area contributed by atoms with Crippen LogP contribution in [0.5, 0.6) is 0 Å². The van der Waals surface area contributed by atoms with Crippen molar-refractivity contribution in [1.29, 1.82) is 0 Å². The van der Waals surface area contributed by atoms with Crippen molar-refractivity contribution in [2.45, 2.75) is 0 Å². The van der Waals surface area contributed by atoms with E-state index in [1.165, 1.54) is 61.1 Å². The Morgan fingerprint density at radius 2 is 1.11 bits per heavy atom. The molecule has 0 unspecified atom stereocenters. The van der Waals surface area contributed by atoms with Crippen LogP contribution in [-0.2, 0) is 9.59 Å². The van der Waals surface area contributed by atoms with Gasteiger partial charge in [0.1, 0.15) is 32.9 Å². The first kappa shape index (κ1) is 23.5. The minimum Gasteiger partial charge on any atom is -0.464 e. The van der Waals surface area contributed by atoms with Crippen LogP contribution in [0, 0.1) is 20.2 Å².